The van der Waals surface area contributed by atoms with E-state index < -0.39 is 0 Å². The van der Waals surface area contributed by atoms with E-state index in [-0.39, 0.29) is 0 Å². The van der Waals surface area contributed by atoms with Gasteiger partial charge in [0.2, 0.25) is 0 Å². The standard InChI is InChI=1S/C6H14N2.C2H6/c1-5-2-3-8-6(5)4-7;1-2/h5-6,8H,2-4,7H2,1H3;1-2H3. The van der Waals surface area contributed by atoms with Gasteiger partial charge in [-0.15, -0.1) is 0 Å². The van der Waals surface area contributed by atoms with Gasteiger partial charge in [0.15, 0.2) is 0 Å². The second kappa shape index (κ2) is 5.69. The molecule has 0 radical (unpaired) electrons. The van der Waals surface area contributed by atoms with E-state index in [0.717, 1.165) is 19.0 Å². The van der Waals surface area contributed by atoms with Crippen molar-refractivity contribution in [2.45, 2.75) is 33.2 Å². The molecular formula is C8H20N2. The molecule has 0 aromatic heterocycles. The number of hydrogen-bond acceptors (Lipinski definition) is 2. The lowest BCUT2D eigenvalue weighted by Crippen LogP contribution is -2.33. The van der Waals surface area contributed by atoms with E-state index in [9.17, 15) is 0 Å². The van der Waals surface area contributed by atoms with Gasteiger partial charge in [0.1, 0.15) is 0 Å². The molecule has 1 saturated heterocycles. The lowest BCUT2D eigenvalue weighted by Gasteiger charge is -2.10. The van der Waals surface area contributed by atoms with Crippen molar-refractivity contribution in [1.82, 2.24) is 5.32 Å². The maximum Gasteiger partial charge on any atom is 0.0216 e. The van der Waals surface area contributed by atoms with E-state index >= 15 is 0 Å². The van der Waals surface area contributed by atoms with Gasteiger partial charge in [-0.2, -0.15) is 0 Å². The predicted molar refractivity (Wildman–Crippen MR) is 46.0 cm³/mol. The van der Waals surface area contributed by atoms with Crippen molar-refractivity contribution in [3.05, 3.63) is 0 Å². The molecule has 1 fully saturated rings. The van der Waals surface area contributed by atoms with Gasteiger partial charge in [0, 0.05) is 12.6 Å². The van der Waals surface area contributed by atoms with Crippen molar-refractivity contribution in [2.75, 3.05) is 13.1 Å². The minimum Gasteiger partial charge on any atom is -0.329 e. The van der Waals surface area contributed by atoms with Gasteiger partial charge in [-0.3, -0.25) is 0 Å². The van der Waals surface area contributed by atoms with Crippen LogP contribution < -0.4 is 11.1 Å². The van der Waals surface area contributed by atoms with E-state index in [1.807, 2.05) is 13.8 Å². The fraction of sp³-hybridized carbons (Fsp3) is 1.00. The summed E-state index contributed by atoms with van der Waals surface area (Å²) in [6.45, 7) is 8.20. The molecule has 1 aliphatic rings. The summed E-state index contributed by atoms with van der Waals surface area (Å²) in [5.74, 6) is 0.792. The topological polar surface area (TPSA) is 38.0 Å². The van der Waals surface area contributed by atoms with Gasteiger partial charge < -0.3 is 11.1 Å². The van der Waals surface area contributed by atoms with Crippen molar-refractivity contribution >= 4 is 0 Å². The lowest BCUT2D eigenvalue weighted by atomic mass is 10.0. The highest BCUT2D eigenvalue weighted by molar-refractivity contribution is 4.80. The third kappa shape index (κ3) is 2.67. The number of nitrogens with one attached hydrogen (secondary N) is 1. The zero-order chi connectivity index (χ0) is 7.98. The Morgan fingerprint density at radius 3 is 2.30 bits per heavy atom. The van der Waals surface area contributed by atoms with Crippen LogP contribution in [0.15, 0.2) is 0 Å². The Morgan fingerprint density at radius 1 is 1.50 bits per heavy atom. The zero-order valence-corrected chi connectivity index (χ0v) is 7.35. The minimum atomic E-state index is 0.593. The minimum absolute atomic E-state index is 0.593. The first kappa shape index (κ1) is 9.92. The Hall–Kier alpha value is -0.0800. The molecule has 0 amide bonds. The van der Waals surface area contributed by atoms with Gasteiger partial charge in [-0.1, -0.05) is 20.8 Å². The summed E-state index contributed by atoms with van der Waals surface area (Å²) < 4.78 is 0. The average Bonchev–Trinajstić information content (AvgIpc) is 2.39. The molecule has 0 saturated carbocycles. The summed E-state index contributed by atoms with van der Waals surface area (Å²) in [5.41, 5.74) is 5.46. The van der Waals surface area contributed by atoms with Gasteiger partial charge in [-0.25, -0.2) is 0 Å². The maximum absolute atomic E-state index is 5.46. The summed E-state index contributed by atoms with van der Waals surface area (Å²) in [6.07, 6.45) is 1.29. The van der Waals surface area contributed by atoms with Crippen LogP contribution >= 0.6 is 0 Å². The average molecular weight is 144 g/mol. The summed E-state index contributed by atoms with van der Waals surface area (Å²) in [5, 5.41) is 3.33. The number of rotatable bonds is 1. The molecule has 2 nitrogen and oxygen atoms in total. The Kier molecular flexibility index (Phi) is 5.64. The van der Waals surface area contributed by atoms with E-state index in [2.05, 4.69) is 12.2 Å². The molecule has 62 valence electrons. The van der Waals surface area contributed by atoms with Crippen LogP contribution in [0.5, 0.6) is 0 Å². The monoisotopic (exact) mass is 144 g/mol. The van der Waals surface area contributed by atoms with Crippen LogP contribution in [0.4, 0.5) is 0 Å². The summed E-state index contributed by atoms with van der Waals surface area (Å²) in [4.78, 5) is 0. The molecular weight excluding hydrogens is 124 g/mol. The van der Waals surface area contributed by atoms with Gasteiger partial charge >= 0.3 is 0 Å². The highest BCUT2D eigenvalue weighted by atomic mass is 15.0. The fourth-order valence-corrected chi connectivity index (χ4v) is 1.21. The van der Waals surface area contributed by atoms with Crippen LogP contribution in [0.3, 0.4) is 0 Å². The second-order valence-corrected chi connectivity index (χ2v) is 2.56. The van der Waals surface area contributed by atoms with Crippen molar-refractivity contribution in [3.63, 3.8) is 0 Å². The molecule has 0 aromatic rings. The molecule has 2 atom stereocenters. The molecule has 0 aliphatic carbocycles. The van der Waals surface area contributed by atoms with Gasteiger partial charge in [-0.05, 0) is 18.9 Å². The summed E-state index contributed by atoms with van der Waals surface area (Å²) >= 11 is 0. The second-order valence-electron chi connectivity index (χ2n) is 2.56. The molecule has 0 spiro atoms. The van der Waals surface area contributed by atoms with Crippen LogP contribution in [0, 0.1) is 5.92 Å². The third-order valence-corrected chi connectivity index (χ3v) is 1.95. The molecule has 2 heteroatoms. The zero-order valence-electron chi connectivity index (χ0n) is 7.35. The molecule has 0 aromatic carbocycles. The highest BCUT2D eigenvalue weighted by Gasteiger charge is 2.20. The Labute approximate surface area is 64.2 Å². The Balaban J connectivity index is 0.000000371. The molecule has 3 N–H and O–H groups in total. The van der Waals surface area contributed by atoms with E-state index in [1.165, 1.54) is 6.42 Å². The Bertz CT molecular complexity index is 73.7. The number of nitrogens with two attached hydrogens (primary N) is 1. The maximum atomic E-state index is 5.46. The summed E-state index contributed by atoms with van der Waals surface area (Å²) in [7, 11) is 0. The predicted octanol–water partition coefficient (Wildman–Crippen LogP) is 0.969. The van der Waals surface area contributed by atoms with Crippen LogP contribution in [-0.4, -0.2) is 19.1 Å². The van der Waals surface area contributed by atoms with Crippen LogP contribution in [-0.2, 0) is 0 Å². The molecule has 1 aliphatic heterocycles. The summed E-state index contributed by atoms with van der Waals surface area (Å²) in [6, 6.07) is 0.593. The van der Waals surface area contributed by atoms with E-state index in [1.54, 1.807) is 0 Å². The van der Waals surface area contributed by atoms with Crippen molar-refractivity contribution in [2.24, 2.45) is 11.7 Å². The SMILES string of the molecule is CC.CC1CCNC1CN. The van der Waals surface area contributed by atoms with Crippen molar-refractivity contribution < 1.29 is 0 Å². The molecule has 0 bridgehead atoms. The van der Waals surface area contributed by atoms with Crippen LogP contribution in [0.25, 0.3) is 0 Å². The smallest absolute Gasteiger partial charge is 0.0216 e. The van der Waals surface area contributed by atoms with Crippen LogP contribution in [0.2, 0.25) is 0 Å². The Morgan fingerprint density at radius 2 is 2.10 bits per heavy atom. The van der Waals surface area contributed by atoms with Crippen molar-refractivity contribution in [3.8, 4) is 0 Å². The molecule has 2 unspecified atom stereocenters. The molecule has 10 heavy (non-hydrogen) atoms. The molecule has 1 heterocycles. The lowest BCUT2D eigenvalue weighted by molar-refractivity contribution is 0.491. The van der Waals surface area contributed by atoms with E-state index in [0.29, 0.717) is 6.04 Å². The van der Waals surface area contributed by atoms with E-state index in [4.69, 9.17) is 5.73 Å². The number of hydrogen-bond donors (Lipinski definition) is 2. The normalized spacial score (nSPS) is 31.2. The van der Waals surface area contributed by atoms with Gasteiger partial charge in [0.25, 0.3) is 0 Å². The highest BCUT2D eigenvalue weighted by Crippen LogP contribution is 2.12. The fourth-order valence-electron chi connectivity index (χ4n) is 1.21. The van der Waals surface area contributed by atoms with Crippen molar-refractivity contribution in [1.29, 1.82) is 0 Å². The quantitative estimate of drug-likeness (QED) is 0.575. The largest absolute Gasteiger partial charge is 0.329 e. The first-order chi connectivity index (χ1) is 4.84. The third-order valence-electron chi connectivity index (χ3n) is 1.95. The molecule has 1 rings (SSSR count). The van der Waals surface area contributed by atoms with Gasteiger partial charge in [0.05, 0.1) is 0 Å². The first-order valence-electron chi connectivity index (χ1n) is 4.28. The first-order valence-corrected chi connectivity index (χ1v) is 4.28. The van der Waals surface area contributed by atoms with Crippen LogP contribution in [0.1, 0.15) is 27.2 Å².